The summed E-state index contributed by atoms with van der Waals surface area (Å²) in [7, 11) is 0. The van der Waals surface area contributed by atoms with Gasteiger partial charge in [0, 0.05) is 11.4 Å². The van der Waals surface area contributed by atoms with Gasteiger partial charge in [0.1, 0.15) is 0 Å². The molecule has 94 valence electrons. The Morgan fingerprint density at radius 2 is 1.76 bits per heavy atom. The quantitative estimate of drug-likeness (QED) is 0.334. The van der Waals surface area contributed by atoms with Crippen molar-refractivity contribution in [1.29, 1.82) is 0 Å². The zero-order chi connectivity index (χ0) is 13.1. The molecule has 0 atom stereocenters. The molecule has 0 aliphatic rings. The number of nitrogen functional groups attached to an aromatic ring is 1. The molecule has 5 heteroatoms. The summed E-state index contributed by atoms with van der Waals surface area (Å²) >= 11 is 4.57. The van der Waals surface area contributed by atoms with Gasteiger partial charge in [-0.3, -0.25) is 5.43 Å². The zero-order valence-corrected chi connectivity index (χ0v) is 11.1. The number of hydrogen-bond donors (Lipinski definition) is 3. The molecule has 0 saturated carbocycles. The number of nitrogens with zero attached hydrogens (tertiary/aromatic N) is 1. The summed E-state index contributed by atoms with van der Waals surface area (Å²) in [5.74, 6) is 0. The van der Waals surface area contributed by atoms with Crippen molar-refractivity contribution in [3.8, 4) is 0 Å². The molecule has 1 aromatic carbocycles. The van der Waals surface area contributed by atoms with Crippen LogP contribution < -0.4 is 16.9 Å². The second kappa shape index (κ2) is 9.59. The van der Waals surface area contributed by atoms with Gasteiger partial charge in [-0.25, -0.2) is 0 Å². The lowest BCUT2D eigenvalue weighted by molar-refractivity contribution is 0.986. The van der Waals surface area contributed by atoms with E-state index in [2.05, 4.69) is 22.7 Å². The van der Waals surface area contributed by atoms with E-state index in [1.807, 2.05) is 44.2 Å². The molecule has 4 nitrogen and oxygen atoms in total. The van der Waals surface area contributed by atoms with Gasteiger partial charge in [-0.15, -0.1) is 0 Å². The molecule has 1 aromatic rings. The molecule has 5 N–H and O–H groups in total. The van der Waals surface area contributed by atoms with Crippen LogP contribution in [0.5, 0.6) is 0 Å². The molecule has 0 bridgehead atoms. The highest BCUT2D eigenvalue weighted by molar-refractivity contribution is 7.80. The Morgan fingerprint density at radius 3 is 2.06 bits per heavy atom. The van der Waals surface area contributed by atoms with Crippen LogP contribution in [0.2, 0.25) is 0 Å². The van der Waals surface area contributed by atoms with Gasteiger partial charge < -0.3 is 11.5 Å². The fourth-order valence-corrected chi connectivity index (χ4v) is 1.04. The number of para-hydroxylation sites is 1. The van der Waals surface area contributed by atoms with Crippen molar-refractivity contribution < 1.29 is 0 Å². The van der Waals surface area contributed by atoms with Crippen LogP contribution in [0.4, 0.5) is 5.69 Å². The Hall–Kier alpha value is -1.62. The van der Waals surface area contributed by atoms with Crippen LogP contribution in [0, 0.1) is 0 Å². The predicted molar refractivity (Wildman–Crippen MR) is 78.8 cm³/mol. The maximum Gasteiger partial charge on any atom is 0.184 e. The molecule has 0 saturated heterocycles. The summed E-state index contributed by atoms with van der Waals surface area (Å²) in [6.07, 6.45) is 1.87. The lowest BCUT2D eigenvalue weighted by Gasteiger charge is -1.99. The van der Waals surface area contributed by atoms with Gasteiger partial charge in [0.25, 0.3) is 0 Å². The minimum absolute atomic E-state index is 0.222. The minimum Gasteiger partial charge on any atom is -0.399 e. The highest BCUT2D eigenvalue weighted by Crippen LogP contribution is 1.95. The van der Waals surface area contributed by atoms with Gasteiger partial charge in [0.05, 0.1) is 0 Å². The number of nitrogens with two attached hydrogens (primary N) is 2. The van der Waals surface area contributed by atoms with E-state index in [4.69, 9.17) is 11.5 Å². The van der Waals surface area contributed by atoms with Crippen molar-refractivity contribution in [3.63, 3.8) is 0 Å². The third-order valence-electron chi connectivity index (χ3n) is 1.94. The summed E-state index contributed by atoms with van der Waals surface area (Å²) in [5.41, 5.74) is 15.0. The maximum atomic E-state index is 5.36. The topological polar surface area (TPSA) is 76.4 Å². The van der Waals surface area contributed by atoms with Crippen molar-refractivity contribution in [2.75, 3.05) is 5.73 Å². The van der Waals surface area contributed by atoms with Crippen LogP contribution in [0.15, 0.2) is 35.4 Å². The van der Waals surface area contributed by atoms with E-state index in [9.17, 15) is 0 Å². The molecule has 0 unspecified atom stereocenters. The van der Waals surface area contributed by atoms with Gasteiger partial charge in [0.15, 0.2) is 5.11 Å². The number of nitrogens with one attached hydrogen (secondary N) is 1. The Kier molecular flexibility index (Phi) is 8.68. The molecule has 0 heterocycles. The smallest absolute Gasteiger partial charge is 0.184 e. The number of anilines is 1. The molecular formula is C12H20N4S. The molecule has 0 fully saturated rings. The van der Waals surface area contributed by atoms with Crippen molar-refractivity contribution in [3.05, 3.63) is 30.3 Å². The Labute approximate surface area is 108 Å². The molecule has 0 aliphatic heterocycles. The third kappa shape index (κ3) is 9.32. The standard InChI is InChI=1S/C6H13N3S.C6H7N/c1-3-5(4-2)8-9-6(7)10;7-6-4-2-1-3-5-6/h3-4H2,1-2H3,(H3,7,9,10);1-5H,7H2. The fourth-order valence-electron chi connectivity index (χ4n) is 0.995. The number of rotatable bonds is 3. The maximum absolute atomic E-state index is 5.36. The van der Waals surface area contributed by atoms with E-state index in [0.717, 1.165) is 24.2 Å². The van der Waals surface area contributed by atoms with Gasteiger partial charge in [-0.05, 0) is 37.2 Å². The first-order valence-corrected chi connectivity index (χ1v) is 5.92. The van der Waals surface area contributed by atoms with Crippen molar-refractivity contribution in [1.82, 2.24) is 5.43 Å². The third-order valence-corrected chi connectivity index (χ3v) is 2.03. The first-order chi connectivity index (χ1) is 8.10. The zero-order valence-electron chi connectivity index (χ0n) is 10.3. The Balaban J connectivity index is 0.000000318. The van der Waals surface area contributed by atoms with E-state index in [1.165, 1.54) is 0 Å². The molecule has 0 radical (unpaired) electrons. The lowest BCUT2D eigenvalue weighted by Crippen LogP contribution is -2.25. The van der Waals surface area contributed by atoms with Crippen LogP contribution in [-0.4, -0.2) is 10.8 Å². The summed E-state index contributed by atoms with van der Waals surface area (Å²) < 4.78 is 0. The highest BCUT2D eigenvalue weighted by atomic mass is 32.1. The monoisotopic (exact) mass is 252 g/mol. The van der Waals surface area contributed by atoms with E-state index >= 15 is 0 Å². The van der Waals surface area contributed by atoms with Crippen LogP contribution in [-0.2, 0) is 0 Å². The van der Waals surface area contributed by atoms with Gasteiger partial charge in [-0.1, -0.05) is 32.0 Å². The number of thiocarbonyl (C=S) groups is 1. The Bertz CT molecular complexity index is 343. The summed E-state index contributed by atoms with van der Waals surface area (Å²) in [4.78, 5) is 0. The second-order valence-corrected chi connectivity index (χ2v) is 3.71. The number of hydrogen-bond acceptors (Lipinski definition) is 3. The van der Waals surface area contributed by atoms with Gasteiger partial charge in [-0.2, -0.15) is 5.10 Å². The first kappa shape index (κ1) is 15.4. The van der Waals surface area contributed by atoms with E-state index in [1.54, 1.807) is 0 Å². The van der Waals surface area contributed by atoms with E-state index < -0.39 is 0 Å². The van der Waals surface area contributed by atoms with Crippen LogP contribution in [0.3, 0.4) is 0 Å². The molecule has 17 heavy (non-hydrogen) atoms. The fraction of sp³-hybridized carbons (Fsp3) is 0.333. The molecule has 0 aliphatic carbocycles. The summed E-state index contributed by atoms with van der Waals surface area (Å²) in [5, 5.41) is 4.18. The van der Waals surface area contributed by atoms with Crippen LogP contribution >= 0.6 is 12.2 Å². The first-order valence-electron chi connectivity index (χ1n) is 5.51. The van der Waals surface area contributed by atoms with Crippen molar-refractivity contribution in [2.24, 2.45) is 10.8 Å². The molecule has 0 aromatic heterocycles. The predicted octanol–water partition coefficient (Wildman–Crippen LogP) is 2.26. The summed E-state index contributed by atoms with van der Waals surface area (Å²) in [6.45, 7) is 4.09. The Morgan fingerprint density at radius 1 is 1.24 bits per heavy atom. The average Bonchev–Trinajstić information content (AvgIpc) is 2.32. The number of benzene rings is 1. The molecular weight excluding hydrogens is 232 g/mol. The lowest BCUT2D eigenvalue weighted by atomic mass is 10.2. The largest absolute Gasteiger partial charge is 0.399 e. The molecule has 1 rings (SSSR count). The van der Waals surface area contributed by atoms with E-state index in [-0.39, 0.29) is 5.11 Å². The summed E-state index contributed by atoms with van der Waals surface area (Å²) in [6, 6.07) is 9.49. The SMILES string of the molecule is CCC(CC)=NNC(N)=S.Nc1ccccc1. The molecule has 0 amide bonds. The van der Waals surface area contributed by atoms with Crippen molar-refractivity contribution in [2.45, 2.75) is 26.7 Å². The average molecular weight is 252 g/mol. The number of hydrazone groups is 1. The van der Waals surface area contributed by atoms with Crippen molar-refractivity contribution >= 4 is 28.7 Å². The van der Waals surface area contributed by atoms with Crippen LogP contribution in [0.25, 0.3) is 0 Å². The van der Waals surface area contributed by atoms with Gasteiger partial charge >= 0.3 is 0 Å². The normalized spacial score (nSPS) is 8.59. The van der Waals surface area contributed by atoms with Crippen LogP contribution in [0.1, 0.15) is 26.7 Å². The molecule has 0 spiro atoms. The van der Waals surface area contributed by atoms with Gasteiger partial charge in [0.2, 0.25) is 0 Å². The highest BCUT2D eigenvalue weighted by Gasteiger charge is 1.90. The van der Waals surface area contributed by atoms with E-state index in [0.29, 0.717) is 0 Å². The second-order valence-electron chi connectivity index (χ2n) is 3.27. The minimum atomic E-state index is 0.222.